The number of amides is 3. The molecule has 0 bridgehead atoms. The van der Waals surface area contributed by atoms with E-state index in [1.165, 1.54) is 36.8 Å². The van der Waals surface area contributed by atoms with Crippen LogP contribution in [0.15, 0.2) is 125 Å². The van der Waals surface area contributed by atoms with Gasteiger partial charge in [-0.05, 0) is 126 Å². The van der Waals surface area contributed by atoms with Gasteiger partial charge >= 0.3 is 58.7 Å². The minimum absolute atomic E-state index is 0. The van der Waals surface area contributed by atoms with Gasteiger partial charge in [-0.1, -0.05) is 24.3 Å². The molecule has 3 aliphatic heterocycles. The average molecular weight is 1560 g/mol. The molecule has 102 heavy (non-hydrogen) atoms. The first-order valence-electron chi connectivity index (χ1n) is 30.2. The molecule has 0 unspecified atom stereocenters. The summed E-state index contributed by atoms with van der Waals surface area (Å²) in [6.07, 6.45) is 13.1. The van der Waals surface area contributed by atoms with Crippen LogP contribution in [0.25, 0.3) is 22.3 Å². The predicted octanol–water partition coefficient (Wildman–Crippen LogP) is -6.92. The number of carboxylic acid groups (broad SMARTS) is 3. The molecule has 2 saturated carbocycles. The molecule has 0 atom stereocenters. The highest BCUT2D eigenvalue weighted by Crippen LogP contribution is 2.38. The quantitative estimate of drug-likeness (QED) is 0.0358. The molecule has 38 nitrogen and oxygen atoms in total. The number of hydrogen-bond acceptors (Lipinski definition) is 20. The maximum absolute atomic E-state index is 12.4. The molecular formula is C57H71Cl2N19O19S5. The van der Waals surface area contributed by atoms with Gasteiger partial charge < -0.3 is 66.7 Å². The minimum atomic E-state index is -4.22. The molecular weight excluding hydrogens is 1490 g/mol. The average Bonchev–Trinajstić information content (AvgIpc) is 1.63. The lowest BCUT2D eigenvalue weighted by Gasteiger charge is -2.32. The molecule has 5 aliphatic rings. The number of quaternary nitrogens is 2. The first-order valence-corrected chi connectivity index (χ1v) is 37.7. The number of rotatable bonds is 19. The third-order valence-corrected chi connectivity index (χ3v) is 22.0. The summed E-state index contributed by atoms with van der Waals surface area (Å²) in [6.45, 7) is 2.14. The van der Waals surface area contributed by atoms with E-state index in [-0.39, 0.29) is 95.4 Å². The highest BCUT2D eigenvalue weighted by atomic mass is 35.5. The van der Waals surface area contributed by atoms with Crippen LogP contribution >= 0.6 is 0 Å². The lowest BCUT2D eigenvalue weighted by atomic mass is 9.89. The van der Waals surface area contributed by atoms with Crippen LogP contribution < -0.4 is 66.9 Å². The fourth-order valence-electron chi connectivity index (χ4n) is 11.4. The lowest BCUT2D eigenvalue weighted by molar-refractivity contribution is -0.422. The summed E-state index contributed by atoms with van der Waals surface area (Å²) in [7, 11) is -18.2. The molecule has 2 aliphatic carbocycles. The molecule has 8 heterocycles. The van der Waals surface area contributed by atoms with Gasteiger partial charge in [0.05, 0.1) is 22.7 Å². The largest absolute Gasteiger partial charge is 1.00 e. The van der Waals surface area contributed by atoms with Crippen molar-refractivity contribution >= 4 is 104 Å². The zero-order chi connectivity index (χ0) is 73.2. The molecule has 2 aromatic carbocycles. The van der Waals surface area contributed by atoms with E-state index in [0.29, 0.717) is 127 Å². The van der Waals surface area contributed by atoms with Gasteiger partial charge in [0, 0.05) is 99.6 Å². The molecule has 45 heteroatoms. The number of carbonyl (C=O) groups excluding carboxylic acids is 3. The normalized spacial score (nSPS) is 16.0. The zero-order valence-corrected chi connectivity index (χ0v) is 59.4. The van der Waals surface area contributed by atoms with E-state index in [0.717, 1.165) is 29.2 Å². The van der Waals surface area contributed by atoms with Crippen LogP contribution in [-0.4, -0.2) is 184 Å². The lowest BCUT2D eigenvalue weighted by Crippen LogP contribution is -3.00. The van der Waals surface area contributed by atoms with Gasteiger partial charge in [-0.3, -0.25) is 23.8 Å². The van der Waals surface area contributed by atoms with Crippen molar-refractivity contribution in [1.29, 1.82) is 0 Å². The Morgan fingerprint density at radius 1 is 0.578 bits per heavy atom. The number of hydrogen-bond donors (Lipinski definition) is 11. The van der Waals surface area contributed by atoms with E-state index in [9.17, 15) is 86.2 Å². The molecule has 0 radical (unpaired) electrons. The Kier molecular flexibility index (Phi) is 24.8. The fourth-order valence-corrected chi connectivity index (χ4v) is 15.5. The van der Waals surface area contributed by atoms with Crippen molar-refractivity contribution in [3.8, 4) is 22.3 Å². The highest BCUT2D eigenvalue weighted by Gasteiger charge is 2.53. The summed E-state index contributed by atoms with van der Waals surface area (Å²) >= 11 is 0. The van der Waals surface area contributed by atoms with Crippen LogP contribution in [0.1, 0.15) is 122 Å². The van der Waals surface area contributed by atoms with Crippen LogP contribution in [0.5, 0.6) is 0 Å². The van der Waals surface area contributed by atoms with Crippen LogP contribution in [0, 0.1) is 0 Å². The summed E-state index contributed by atoms with van der Waals surface area (Å²) in [5.74, 6) is -4.73. The van der Waals surface area contributed by atoms with Crippen molar-refractivity contribution in [1.82, 2.24) is 35.5 Å². The molecule has 12 rings (SSSR count). The maximum atomic E-state index is 12.4. The zero-order valence-electron chi connectivity index (χ0n) is 53.8. The number of aryl methyl sites for hydroxylation is 1. The van der Waals surface area contributed by atoms with Crippen molar-refractivity contribution in [2.24, 2.45) is 43.0 Å². The molecule has 4 fully saturated rings. The van der Waals surface area contributed by atoms with E-state index in [2.05, 4.69) is 42.0 Å². The molecule has 552 valence electrons. The number of nitrogens with two attached hydrogens (primary N) is 4. The number of aromatic nitrogens is 6. The molecule has 0 spiro atoms. The molecule has 2 saturated heterocycles. The third-order valence-electron chi connectivity index (χ3n) is 16.7. The first kappa shape index (κ1) is 80.1. The Hall–Kier alpha value is -9.25. The third kappa shape index (κ3) is 18.7. The molecule has 5 aromatic heterocycles. The minimum Gasteiger partial charge on any atom is -1.00 e. The number of anilines is 2. The van der Waals surface area contributed by atoms with E-state index >= 15 is 0 Å². The second kappa shape index (κ2) is 31.6. The number of carbonyl (C=O) groups is 6. The van der Waals surface area contributed by atoms with E-state index < -0.39 is 80.0 Å². The van der Waals surface area contributed by atoms with Crippen molar-refractivity contribution in [2.45, 2.75) is 74.0 Å². The topological polar surface area (TPSA) is 598 Å². The summed E-state index contributed by atoms with van der Waals surface area (Å²) in [5, 5.41) is 65.9. The number of piperidine rings is 2. The van der Waals surface area contributed by atoms with Crippen molar-refractivity contribution in [3.63, 3.8) is 0 Å². The van der Waals surface area contributed by atoms with Crippen molar-refractivity contribution in [3.05, 3.63) is 149 Å². The number of nitrogens with one attached hydrogen (secondary N) is 2. The molecule has 3 amide bonds. The summed E-state index contributed by atoms with van der Waals surface area (Å²) in [6, 6.07) is 18.8. The Balaban J connectivity index is 0.000000190. The molecule has 7 aromatic rings. The maximum Gasteiger partial charge on any atom is 0.354 e. The number of nitrogens with zero attached hydrogens (tertiary/aromatic N) is 11. The van der Waals surface area contributed by atoms with Gasteiger partial charge in [0.1, 0.15) is 23.6 Å². The highest BCUT2D eigenvalue weighted by molar-refractivity contribution is 7.93. The number of benzene rings is 2. The number of aromatic carboxylic acids is 3. The smallest absolute Gasteiger partial charge is 0.354 e. The summed E-state index contributed by atoms with van der Waals surface area (Å²) in [5.41, 5.74) is 10.7. The monoisotopic (exact) mass is 1560 g/mol. The number of carboxylic acids is 3. The van der Waals surface area contributed by atoms with Crippen LogP contribution in [-0.2, 0) is 67.5 Å². The first-order chi connectivity index (χ1) is 46.8. The van der Waals surface area contributed by atoms with Gasteiger partial charge in [-0.25, -0.2) is 59.2 Å². The number of sulfonamides is 1. The van der Waals surface area contributed by atoms with E-state index in [1.54, 1.807) is 82.3 Å². The van der Waals surface area contributed by atoms with Crippen molar-refractivity contribution in [2.75, 3.05) is 49.3 Å². The summed E-state index contributed by atoms with van der Waals surface area (Å²) < 4.78 is 124. The second-order valence-electron chi connectivity index (χ2n) is 23.7. The Morgan fingerprint density at radius 2 is 1.01 bits per heavy atom. The second-order valence-corrected chi connectivity index (χ2v) is 31.4. The van der Waals surface area contributed by atoms with Gasteiger partial charge in [-0.2, -0.15) is 43.9 Å². The van der Waals surface area contributed by atoms with Crippen LogP contribution in [0.2, 0.25) is 0 Å². The Labute approximate surface area is 596 Å². The van der Waals surface area contributed by atoms with Gasteiger partial charge in [0.25, 0.3) is 17.7 Å². The van der Waals surface area contributed by atoms with Crippen LogP contribution in [0.3, 0.4) is 0 Å². The van der Waals surface area contributed by atoms with Crippen molar-refractivity contribution < 1.29 is 122 Å². The standard InChI is InChI=1S/C15H16N6O4S2.C15H19N5O5S.C14H20N4O5S.C13H14N4O5S.2ClH/c16-27(24,25)21-8-7-13(15(21)14-9-17-20-18-14)10-1-3-11(4-2-10)19-26(22,23)12-5-6-12;1-18-9-11(8-17-18)14(21)19-5-2-10(3-6-19)12-4-7-20(26(16,24)25)13(12)15(22)23;15-14(4-5-14)13(21)17-6-1-9(2-7-17)10-3-8-18(24(16,22)23)11(10)12(19)20;14-7-11(18)16-9-3-1-8(2-4-9)10-5-6-17(23(15,21)22)12(10)13(19)20;;/h1-4,7-8,12,19H,5-6,9H2,(H2,16,24,25);4,7-10H,2-3,5-6H2,1H3,(H,22,23)(H2,16,24,25);3,8-9H,1-2,4-7,15H2,(H,19,20)(H2,16,22,23);1-6H,7,14H2,(H,16,18)(H,19,20)(H2,15,21,22);2*1H. The van der Waals surface area contributed by atoms with Gasteiger partial charge in [-0.15, -0.1) is 5.10 Å². The Morgan fingerprint density at radius 3 is 1.42 bits per heavy atom. The van der Waals surface area contributed by atoms with Crippen LogP contribution in [0.4, 0.5) is 11.4 Å². The van der Waals surface area contributed by atoms with Gasteiger partial charge in [0.2, 0.25) is 10.0 Å². The SMILES string of the molecule is Cn1cc(C(=O)N2CCC(c3ccn(S(N)(=O)=O)c3C(=O)O)CC2)cn1.NS(=O)(=O)n1ccc(-c2ccc(NC(=O)C[NH3+])cc2)c1C(=O)O.NS(=O)(=O)n1ccc(-c2ccc(NS(=O)(=O)C3CC3)cc2)c1C1=NN=NC1.NS(=O)(=O)n1ccc(C2CCN(C(=O)C3([NH3+])CC3)CC2)c1C(=O)O.[Cl-].[Cl-]. The number of halogens is 2. The fraction of sp³-hybridized carbons (Fsp3) is 0.333. The van der Waals surface area contributed by atoms with E-state index in [1.807, 2.05) is 0 Å². The summed E-state index contributed by atoms with van der Waals surface area (Å²) in [4.78, 5) is 73.9. The van der Waals surface area contributed by atoms with Gasteiger partial charge in [0.15, 0.2) is 17.8 Å². The molecule has 19 N–H and O–H groups in total. The Bertz CT molecular complexity index is 5010. The van der Waals surface area contributed by atoms with E-state index in [4.69, 9.17) is 20.6 Å². The number of likely N-dealkylation sites (tertiary alicyclic amines) is 2. The predicted molar refractivity (Wildman–Crippen MR) is 356 cm³/mol.